The minimum atomic E-state index is -0.866. The van der Waals surface area contributed by atoms with Crippen molar-refractivity contribution < 1.29 is 19.2 Å². The lowest BCUT2D eigenvalue weighted by atomic mass is 10.1. The normalized spacial score (nSPS) is 14.0. The molecule has 1 fully saturated rings. The van der Waals surface area contributed by atoms with Crippen LogP contribution in [0.1, 0.15) is 5.89 Å². The molecule has 162 valence electrons. The molecule has 3 aromatic carbocycles. The first kappa shape index (κ1) is 19.9. The highest BCUT2D eigenvalue weighted by atomic mass is 16.5. The van der Waals surface area contributed by atoms with E-state index in [1.54, 1.807) is 0 Å². The van der Waals surface area contributed by atoms with E-state index in [4.69, 9.17) is 9.26 Å². The molecule has 8 heteroatoms. The highest BCUT2D eigenvalue weighted by molar-refractivity contribution is 5.95. The van der Waals surface area contributed by atoms with Crippen LogP contribution in [0.15, 0.2) is 71.3 Å². The van der Waals surface area contributed by atoms with E-state index >= 15 is 0 Å². The average molecular weight is 430 g/mol. The number of hydrogen-bond acceptors (Lipinski definition) is 6. The van der Waals surface area contributed by atoms with Gasteiger partial charge in [-0.3, -0.25) is 0 Å². The molecule has 1 saturated heterocycles. The van der Waals surface area contributed by atoms with Gasteiger partial charge in [0, 0.05) is 42.8 Å². The van der Waals surface area contributed by atoms with Crippen molar-refractivity contribution in [3.63, 3.8) is 0 Å². The topological polar surface area (TPSA) is 91.9 Å². The zero-order valence-electron chi connectivity index (χ0n) is 17.3. The Morgan fingerprint density at radius 1 is 1.00 bits per heavy atom. The molecule has 0 radical (unpaired) electrons. The fraction of sp³-hybridized carbons (Fsp3) is 0.208. The number of rotatable bonds is 5. The van der Waals surface area contributed by atoms with Gasteiger partial charge >= 0.3 is 6.09 Å². The number of anilines is 1. The van der Waals surface area contributed by atoms with E-state index in [1.807, 2.05) is 54.6 Å². The zero-order valence-corrected chi connectivity index (χ0v) is 17.3. The van der Waals surface area contributed by atoms with Crippen LogP contribution in [0.4, 0.5) is 10.5 Å². The van der Waals surface area contributed by atoms with Crippen LogP contribution in [-0.4, -0.2) is 52.4 Å². The van der Waals surface area contributed by atoms with Gasteiger partial charge in [-0.05, 0) is 23.6 Å². The van der Waals surface area contributed by atoms with Gasteiger partial charge in [0.05, 0.1) is 0 Å². The summed E-state index contributed by atoms with van der Waals surface area (Å²) < 4.78 is 11.3. The summed E-state index contributed by atoms with van der Waals surface area (Å²) in [5, 5.41) is 15.4. The van der Waals surface area contributed by atoms with Gasteiger partial charge in [-0.1, -0.05) is 53.7 Å². The van der Waals surface area contributed by atoms with Crippen LogP contribution in [0.3, 0.4) is 0 Å². The third kappa shape index (κ3) is 4.07. The number of nitrogens with zero attached hydrogens (tertiary/aromatic N) is 4. The summed E-state index contributed by atoms with van der Waals surface area (Å²) in [6, 6.07) is 21.7. The molecule has 2 heterocycles. The maximum absolute atomic E-state index is 11.2. The highest BCUT2D eigenvalue weighted by Crippen LogP contribution is 2.31. The van der Waals surface area contributed by atoms with Crippen LogP contribution in [0, 0.1) is 0 Å². The van der Waals surface area contributed by atoms with E-state index < -0.39 is 6.09 Å². The van der Waals surface area contributed by atoms with Gasteiger partial charge in [0.1, 0.15) is 5.75 Å². The van der Waals surface area contributed by atoms with E-state index in [0.717, 1.165) is 22.0 Å². The Morgan fingerprint density at radius 2 is 1.81 bits per heavy atom. The molecule has 1 aliphatic rings. The molecular weight excluding hydrogens is 408 g/mol. The van der Waals surface area contributed by atoms with Crippen molar-refractivity contribution in [2.75, 3.05) is 31.1 Å². The Bertz CT molecular complexity index is 1230. The van der Waals surface area contributed by atoms with Crippen molar-refractivity contribution in [2.45, 2.75) is 6.61 Å². The molecule has 0 saturated carbocycles. The summed E-state index contributed by atoms with van der Waals surface area (Å²) in [7, 11) is 0. The lowest BCUT2D eigenvalue weighted by Crippen LogP contribution is -2.48. The third-order valence-electron chi connectivity index (χ3n) is 5.58. The molecule has 0 unspecified atom stereocenters. The number of aromatic nitrogens is 2. The minimum Gasteiger partial charge on any atom is -0.484 e. The average Bonchev–Trinajstić information content (AvgIpc) is 3.32. The summed E-state index contributed by atoms with van der Waals surface area (Å²) >= 11 is 0. The van der Waals surface area contributed by atoms with Crippen molar-refractivity contribution >= 4 is 22.6 Å². The van der Waals surface area contributed by atoms with Gasteiger partial charge in [-0.25, -0.2) is 4.79 Å². The van der Waals surface area contributed by atoms with Crippen LogP contribution in [0.25, 0.3) is 22.2 Å². The smallest absolute Gasteiger partial charge is 0.407 e. The number of hydrogen-bond donors (Lipinski definition) is 1. The van der Waals surface area contributed by atoms with Gasteiger partial charge in [-0.15, -0.1) is 0 Å². The summed E-state index contributed by atoms with van der Waals surface area (Å²) in [6.45, 7) is 2.46. The largest absolute Gasteiger partial charge is 0.484 e. The number of fused-ring (bicyclic) bond motifs is 1. The number of amides is 1. The van der Waals surface area contributed by atoms with Crippen molar-refractivity contribution in [3.8, 4) is 17.1 Å². The fourth-order valence-electron chi connectivity index (χ4n) is 3.90. The van der Waals surface area contributed by atoms with E-state index in [9.17, 15) is 9.90 Å². The summed E-state index contributed by atoms with van der Waals surface area (Å²) in [5.74, 6) is 1.64. The quantitative estimate of drug-likeness (QED) is 0.505. The minimum absolute atomic E-state index is 0.171. The van der Waals surface area contributed by atoms with Crippen molar-refractivity contribution in [1.82, 2.24) is 15.0 Å². The van der Waals surface area contributed by atoms with Crippen molar-refractivity contribution in [3.05, 3.63) is 72.6 Å². The first-order chi connectivity index (χ1) is 15.7. The first-order valence-electron chi connectivity index (χ1n) is 10.4. The highest BCUT2D eigenvalue weighted by Gasteiger charge is 2.21. The molecule has 32 heavy (non-hydrogen) atoms. The Balaban J connectivity index is 1.32. The number of carboxylic acid groups (broad SMARTS) is 1. The van der Waals surface area contributed by atoms with Crippen LogP contribution in [0.5, 0.6) is 5.75 Å². The second-order valence-corrected chi connectivity index (χ2v) is 7.58. The lowest BCUT2D eigenvalue weighted by molar-refractivity contribution is 0.142. The number of piperazine rings is 1. The van der Waals surface area contributed by atoms with E-state index in [-0.39, 0.29) is 6.61 Å². The van der Waals surface area contributed by atoms with Gasteiger partial charge < -0.3 is 24.2 Å². The number of benzene rings is 3. The molecule has 0 aliphatic carbocycles. The monoisotopic (exact) mass is 430 g/mol. The maximum Gasteiger partial charge on any atom is 0.407 e. The molecule has 1 aliphatic heterocycles. The van der Waals surface area contributed by atoms with Crippen LogP contribution in [-0.2, 0) is 6.61 Å². The molecule has 0 atom stereocenters. The van der Waals surface area contributed by atoms with Gasteiger partial charge in [0.2, 0.25) is 5.82 Å². The van der Waals surface area contributed by atoms with E-state index in [1.165, 1.54) is 4.90 Å². The van der Waals surface area contributed by atoms with E-state index in [2.05, 4.69) is 27.2 Å². The Labute approximate surface area is 184 Å². The molecule has 4 aromatic rings. The summed E-state index contributed by atoms with van der Waals surface area (Å²) in [6.07, 6.45) is -0.866. The molecule has 8 nitrogen and oxygen atoms in total. The Hall–Kier alpha value is -4.07. The predicted molar refractivity (Wildman–Crippen MR) is 120 cm³/mol. The zero-order chi connectivity index (χ0) is 21.9. The fourth-order valence-corrected chi connectivity index (χ4v) is 3.90. The predicted octanol–water partition coefficient (Wildman–Crippen LogP) is 4.27. The standard InChI is InChI=1S/C24H22N4O4/c29-24(30)28-13-11-27(12-14-28)21-8-4-7-17-9-10-19(15-20(17)21)31-16-22-25-23(26-32-22)18-5-2-1-3-6-18/h1-10,15H,11-14,16H2,(H,29,30). The summed E-state index contributed by atoms with van der Waals surface area (Å²) in [4.78, 5) is 19.3. The second-order valence-electron chi connectivity index (χ2n) is 7.58. The lowest BCUT2D eigenvalue weighted by Gasteiger charge is -2.35. The van der Waals surface area contributed by atoms with Gasteiger partial charge in [-0.2, -0.15) is 4.98 Å². The molecule has 5 rings (SSSR count). The van der Waals surface area contributed by atoms with Crippen LogP contribution < -0.4 is 9.64 Å². The Morgan fingerprint density at radius 3 is 2.59 bits per heavy atom. The third-order valence-corrected chi connectivity index (χ3v) is 5.58. The molecule has 0 bridgehead atoms. The van der Waals surface area contributed by atoms with Gasteiger partial charge in [0.25, 0.3) is 5.89 Å². The number of carbonyl (C=O) groups is 1. The van der Waals surface area contributed by atoms with E-state index in [0.29, 0.717) is 43.6 Å². The molecule has 1 amide bonds. The molecular formula is C24H22N4O4. The summed E-state index contributed by atoms with van der Waals surface area (Å²) in [5.41, 5.74) is 1.96. The van der Waals surface area contributed by atoms with Crippen LogP contribution >= 0.6 is 0 Å². The van der Waals surface area contributed by atoms with Crippen molar-refractivity contribution in [2.24, 2.45) is 0 Å². The second kappa shape index (κ2) is 8.58. The SMILES string of the molecule is O=C(O)N1CCN(c2cccc3ccc(OCc4nc(-c5ccccc5)no4)cc23)CC1. The Kier molecular flexibility index (Phi) is 5.33. The molecule has 1 N–H and O–H groups in total. The van der Waals surface area contributed by atoms with Crippen LogP contribution in [0.2, 0.25) is 0 Å². The maximum atomic E-state index is 11.2. The number of ether oxygens (including phenoxy) is 1. The first-order valence-corrected chi connectivity index (χ1v) is 10.4. The molecule has 0 spiro atoms. The van der Waals surface area contributed by atoms with Gasteiger partial charge in [0.15, 0.2) is 6.61 Å². The molecule has 1 aromatic heterocycles. The van der Waals surface area contributed by atoms with Crippen molar-refractivity contribution in [1.29, 1.82) is 0 Å².